The van der Waals surface area contributed by atoms with E-state index in [9.17, 15) is 8.42 Å². The predicted octanol–water partition coefficient (Wildman–Crippen LogP) is 0.325. The third kappa shape index (κ3) is 2.70. The van der Waals surface area contributed by atoms with E-state index in [1.54, 1.807) is 0 Å². The van der Waals surface area contributed by atoms with E-state index in [0.29, 0.717) is 13.1 Å². The fourth-order valence-corrected chi connectivity index (χ4v) is 2.73. The summed E-state index contributed by atoms with van der Waals surface area (Å²) in [6.07, 6.45) is 0. The summed E-state index contributed by atoms with van der Waals surface area (Å²) in [6.45, 7) is 2.38. The van der Waals surface area contributed by atoms with Crippen LogP contribution in [0.1, 0.15) is 0 Å². The van der Waals surface area contributed by atoms with Crippen LogP contribution < -0.4 is 0 Å². The van der Waals surface area contributed by atoms with Crippen LogP contribution in [0, 0.1) is 0 Å². The lowest BCUT2D eigenvalue weighted by Gasteiger charge is -2.31. The fourth-order valence-electron chi connectivity index (χ4n) is 1.16. The number of alkyl halides is 2. The van der Waals surface area contributed by atoms with Crippen molar-refractivity contribution in [3.8, 4) is 0 Å². The number of hydrogen-bond donors (Lipinski definition) is 0. The first-order valence-corrected chi connectivity index (χ1v) is 6.28. The molecule has 1 saturated heterocycles. The van der Waals surface area contributed by atoms with E-state index in [1.165, 1.54) is 4.31 Å². The summed E-state index contributed by atoms with van der Waals surface area (Å²) in [5.41, 5.74) is 0. The molecule has 1 rings (SSSR count). The van der Waals surface area contributed by atoms with Crippen molar-refractivity contribution in [3.63, 3.8) is 0 Å². The summed E-state index contributed by atoms with van der Waals surface area (Å²) >= 11 is 10.7. The second-order valence-corrected chi connectivity index (χ2v) is 6.64. The Morgan fingerprint density at radius 3 is 2.00 bits per heavy atom. The molecule has 0 saturated carbocycles. The number of halogens is 2. The Labute approximate surface area is 88.4 Å². The van der Waals surface area contributed by atoms with Crippen molar-refractivity contribution in [2.24, 2.45) is 0 Å². The maximum Gasteiger partial charge on any atom is 0.245 e. The van der Waals surface area contributed by atoms with Gasteiger partial charge in [-0.25, -0.2) is 8.42 Å². The van der Waals surface area contributed by atoms with Crippen LogP contribution in [0.4, 0.5) is 0 Å². The Morgan fingerprint density at radius 2 is 1.62 bits per heavy atom. The summed E-state index contributed by atoms with van der Waals surface area (Å²) < 4.78 is 22.9. The topological polar surface area (TPSA) is 40.6 Å². The quantitative estimate of drug-likeness (QED) is 0.660. The van der Waals surface area contributed by atoms with Gasteiger partial charge in [0, 0.05) is 26.2 Å². The molecule has 0 radical (unpaired) electrons. The average Bonchev–Trinajstić information content (AvgIpc) is 2.04. The van der Waals surface area contributed by atoms with Gasteiger partial charge in [-0.05, 0) is 7.05 Å². The Balaban J connectivity index is 2.64. The van der Waals surface area contributed by atoms with Crippen molar-refractivity contribution >= 4 is 33.2 Å². The summed E-state index contributed by atoms with van der Waals surface area (Å²) in [7, 11) is -1.54. The van der Waals surface area contributed by atoms with Gasteiger partial charge in [-0.15, -0.1) is 0 Å². The molecular formula is C6H12Cl2N2O2S. The Kier molecular flexibility index (Phi) is 3.82. The monoisotopic (exact) mass is 246 g/mol. The van der Waals surface area contributed by atoms with E-state index < -0.39 is 14.2 Å². The van der Waals surface area contributed by atoms with Gasteiger partial charge in [0.25, 0.3) is 0 Å². The molecule has 4 nitrogen and oxygen atoms in total. The second-order valence-electron chi connectivity index (χ2n) is 3.01. The molecule has 0 aromatic rings. The van der Waals surface area contributed by atoms with Crippen molar-refractivity contribution in [1.82, 2.24) is 9.21 Å². The normalized spacial score (nSPS) is 22.5. The third-order valence-corrected chi connectivity index (χ3v) is 4.93. The molecule has 78 valence electrons. The van der Waals surface area contributed by atoms with Crippen molar-refractivity contribution in [3.05, 3.63) is 0 Å². The highest BCUT2D eigenvalue weighted by Gasteiger charge is 2.30. The third-order valence-electron chi connectivity index (χ3n) is 2.05. The lowest BCUT2D eigenvalue weighted by molar-refractivity contribution is 0.222. The van der Waals surface area contributed by atoms with Crippen LogP contribution in [0.25, 0.3) is 0 Å². The van der Waals surface area contributed by atoms with Gasteiger partial charge in [0.15, 0.2) is 0 Å². The van der Waals surface area contributed by atoms with Crippen LogP contribution in [0.15, 0.2) is 0 Å². The summed E-state index contributed by atoms with van der Waals surface area (Å²) in [4.78, 5) is 2.06. The zero-order valence-corrected chi connectivity index (χ0v) is 9.61. The van der Waals surface area contributed by atoms with Gasteiger partial charge < -0.3 is 4.90 Å². The van der Waals surface area contributed by atoms with Crippen LogP contribution in [0.5, 0.6) is 0 Å². The predicted molar refractivity (Wildman–Crippen MR) is 53.5 cm³/mol. The van der Waals surface area contributed by atoms with E-state index in [-0.39, 0.29) is 0 Å². The zero-order chi connectivity index (χ0) is 10.1. The summed E-state index contributed by atoms with van der Waals surface area (Å²) in [5.74, 6) is 0. The molecule has 0 aromatic carbocycles. The second kappa shape index (κ2) is 4.31. The number of hydrogen-bond acceptors (Lipinski definition) is 3. The van der Waals surface area contributed by atoms with E-state index in [0.717, 1.165) is 13.1 Å². The molecule has 0 bridgehead atoms. The number of rotatable bonds is 2. The maximum atomic E-state index is 11.4. The molecular weight excluding hydrogens is 235 g/mol. The Hall–Kier alpha value is 0.450. The minimum atomic E-state index is -3.49. The first kappa shape index (κ1) is 11.5. The SMILES string of the molecule is CN1CCN(S(=O)(=O)C(Cl)Cl)CC1. The van der Waals surface area contributed by atoms with E-state index in [2.05, 4.69) is 4.90 Å². The lowest BCUT2D eigenvalue weighted by atomic mass is 10.4. The van der Waals surface area contributed by atoms with Crippen LogP contribution >= 0.6 is 23.2 Å². The molecule has 0 spiro atoms. The van der Waals surface area contributed by atoms with Crippen molar-refractivity contribution in [2.45, 2.75) is 4.17 Å². The highest BCUT2D eigenvalue weighted by atomic mass is 35.5. The molecule has 1 fully saturated rings. The van der Waals surface area contributed by atoms with Crippen LogP contribution in [-0.4, -0.2) is 55.0 Å². The largest absolute Gasteiger partial charge is 0.304 e. The number of piperazine rings is 1. The average molecular weight is 247 g/mol. The lowest BCUT2D eigenvalue weighted by Crippen LogP contribution is -2.48. The molecule has 0 unspecified atom stereocenters. The molecule has 0 N–H and O–H groups in total. The maximum absolute atomic E-state index is 11.4. The highest BCUT2D eigenvalue weighted by Crippen LogP contribution is 2.17. The van der Waals surface area contributed by atoms with Gasteiger partial charge in [0.1, 0.15) is 0 Å². The number of sulfonamides is 1. The van der Waals surface area contributed by atoms with E-state index in [4.69, 9.17) is 23.2 Å². The standard InChI is InChI=1S/C6H12Cl2N2O2S/c1-9-2-4-10(5-3-9)13(11,12)6(7)8/h6H,2-5H2,1H3. The van der Waals surface area contributed by atoms with E-state index in [1.807, 2.05) is 7.05 Å². The number of likely N-dealkylation sites (N-methyl/N-ethyl adjacent to an activating group) is 1. The fraction of sp³-hybridized carbons (Fsp3) is 1.00. The molecule has 7 heteroatoms. The van der Waals surface area contributed by atoms with Gasteiger partial charge >= 0.3 is 0 Å². The number of nitrogens with zero attached hydrogens (tertiary/aromatic N) is 2. The van der Waals surface area contributed by atoms with Crippen molar-refractivity contribution < 1.29 is 8.42 Å². The molecule has 13 heavy (non-hydrogen) atoms. The van der Waals surface area contributed by atoms with Gasteiger partial charge in [-0.1, -0.05) is 23.2 Å². The first-order chi connectivity index (χ1) is 5.94. The van der Waals surface area contributed by atoms with Crippen LogP contribution in [0.2, 0.25) is 0 Å². The van der Waals surface area contributed by atoms with Gasteiger partial charge in [-0.3, -0.25) is 0 Å². The molecule has 0 atom stereocenters. The summed E-state index contributed by atoms with van der Waals surface area (Å²) in [5, 5.41) is 0. The minimum absolute atomic E-state index is 0.467. The first-order valence-electron chi connectivity index (χ1n) is 3.90. The molecule has 1 aliphatic rings. The van der Waals surface area contributed by atoms with Crippen molar-refractivity contribution in [1.29, 1.82) is 0 Å². The van der Waals surface area contributed by atoms with Gasteiger partial charge in [0.05, 0.1) is 0 Å². The Bertz CT molecular complexity index is 260. The molecule has 1 heterocycles. The summed E-state index contributed by atoms with van der Waals surface area (Å²) in [6, 6.07) is 0. The smallest absolute Gasteiger partial charge is 0.245 e. The molecule has 1 aliphatic heterocycles. The molecule has 0 aromatic heterocycles. The zero-order valence-electron chi connectivity index (χ0n) is 7.28. The Morgan fingerprint density at radius 1 is 1.15 bits per heavy atom. The minimum Gasteiger partial charge on any atom is -0.304 e. The van der Waals surface area contributed by atoms with Gasteiger partial charge in [0.2, 0.25) is 14.2 Å². The van der Waals surface area contributed by atoms with Crippen LogP contribution in [0.3, 0.4) is 0 Å². The van der Waals surface area contributed by atoms with E-state index >= 15 is 0 Å². The highest BCUT2D eigenvalue weighted by molar-refractivity contribution is 7.92. The molecule has 0 amide bonds. The van der Waals surface area contributed by atoms with Crippen LogP contribution in [-0.2, 0) is 10.0 Å². The van der Waals surface area contributed by atoms with Gasteiger partial charge in [-0.2, -0.15) is 4.31 Å². The molecule has 0 aliphatic carbocycles. The van der Waals surface area contributed by atoms with Crippen molar-refractivity contribution in [2.75, 3.05) is 33.2 Å².